The molecule has 0 aliphatic carbocycles. The first kappa shape index (κ1) is 20.6. The third-order valence-corrected chi connectivity index (χ3v) is 6.76. The van der Waals surface area contributed by atoms with Crippen LogP contribution in [0.4, 0.5) is 5.69 Å². The van der Waals surface area contributed by atoms with Crippen LogP contribution in [0, 0.1) is 0 Å². The van der Waals surface area contributed by atoms with Crippen molar-refractivity contribution < 1.29 is 13.2 Å². The van der Waals surface area contributed by atoms with Gasteiger partial charge in [0, 0.05) is 23.4 Å². The highest BCUT2D eigenvalue weighted by Crippen LogP contribution is 2.26. The topological polar surface area (TPSA) is 90.9 Å². The van der Waals surface area contributed by atoms with E-state index in [1.807, 2.05) is 0 Å². The fourth-order valence-electron chi connectivity index (χ4n) is 3.83. The number of carbonyl (C=O) groups is 1. The zero-order chi connectivity index (χ0) is 21.0. The van der Waals surface area contributed by atoms with Crippen molar-refractivity contribution in [1.82, 2.24) is 10.2 Å². The number of amidine groups is 1. The number of carbonyl (C=O) groups excluding carboxylic acids is 1. The van der Waals surface area contributed by atoms with Crippen molar-refractivity contribution in [2.75, 3.05) is 31.5 Å². The summed E-state index contributed by atoms with van der Waals surface area (Å²) in [6, 6.07) is 13.7. The van der Waals surface area contributed by atoms with Crippen LogP contribution in [0.1, 0.15) is 41.6 Å². The summed E-state index contributed by atoms with van der Waals surface area (Å²) < 4.78 is 28.1. The predicted octanol–water partition coefficient (Wildman–Crippen LogP) is 2.85. The van der Waals surface area contributed by atoms with Gasteiger partial charge in [-0.2, -0.15) is 8.42 Å². The fourth-order valence-corrected chi connectivity index (χ4v) is 5.00. The summed E-state index contributed by atoms with van der Waals surface area (Å²) >= 11 is 0. The van der Waals surface area contributed by atoms with Gasteiger partial charge in [-0.15, -0.1) is 4.40 Å². The fraction of sp³-hybridized carbons (Fsp3) is 0.364. The van der Waals surface area contributed by atoms with Crippen molar-refractivity contribution in [2.45, 2.75) is 30.6 Å². The Morgan fingerprint density at radius 1 is 1.00 bits per heavy atom. The van der Waals surface area contributed by atoms with E-state index in [9.17, 15) is 13.2 Å². The van der Waals surface area contributed by atoms with Crippen LogP contribution in [-0.2, 0) is 10.0 Å². The van der Waals surface area contributed by atoms with E-state index in [0.717, 1.165) is 13.0 Å². The molecular weight excluding hydrogens is 400 g/mol. The minimum Gasteiger partial charge on any atom is -0.352 e. The van der Waals surface area contributed by atoms with Gasteiger partial charge < -0.3 is 15.5 Å². The van der Waals surface area contributed by atoms with Crippen molar-refractivity contribution in [3.63, 3.8) is 0 Å². The van der Waals surface area contributed by atoms with Crippen molar-refractivity contribution in [1.29, 1.82) is 0 Å². The van der Waals surface area contributed by atoms with Gasteiger partial charge in [-0.3, -0.25) is 4.79 Å². The first-order valence-corrected chi connectivity index (χ1v) is 11.8. The number of likely N-dealkylation sites (tertiary alicyclic amines) is 1. The van der Waals surface area contributed by atoms with Crippen molar-refractivity contribution in [2.24, 2.45) is 4.40 Å². The molecule has 0 bridgehead atoms. The van der Waals surface area contributed by atoms with Gasteiger partial charge in [0.2, 0.25) is 0 Å². The number of nitrogens with one attached hydrogen (secondary N) is 2. The number of sulfonamides is 1. The molecule has 1 fully saturated rings. The lowest BCUT2D eigenvalue weighted by molar-refractivity contribution is 0.0951. The normalized spacial score (nSPS) is 17.8. The minimum absolute atomic E-state index is 0.105. The van der Waals surface area contributed by atoms with E-state index in [4.69, 9.17) is 0 Å². The van der Waals surface area contributed by atoms with Gasteiger partial charge in [-0.25, -0.2) is 0 Å². The Hall–Kier alpha value is -2.71. The standard InChI is InChI=1S/C22H26N4O3S/c27-22(23-13-6-16-26-14-4-1-5-15-26)17-9-11-18(12-10-17)24-21-19-7-2-3-8-20(19)30(28,29)25-21/h2-3,7-12H,1,4-6,13-16H2,(H,23,27)(H,24,25). The molecule has 0 radical (unpaired) electrons. The van der Waals surface area contributed by atoms with Crippen LogP contribution in [0.15, 0.2) is 57.8 Å². The van der Waals surface area contributed by atoms with E-state index < -0.39 is 10.0 Å². The highest BCUT2D eigenvalue weighted by molar-refractivity contribution is 7.90. The van der Waals surface area contributed by atoms with Gasteiger partial charge in [0.05, 0.1) is 0 Å². The second kappa shape index (κ2) is 8.97. The minimum atomic E-state index is -3.66. The molecule has 0 spiro atoms. The maximum Gasteiger partial charge on any atom is 0.285 e. The van der Waals surface area contributed by atoms with Gasteiger partial charge in [-0.05, 0) is 75.3 Å². The molecule has 30 heavy (non-hydrogen) atoms. The summed E-state index contributed by atoms with van der Waals surface area (Å²) in [5, 5.41) is 6.01. The largest absolute Gasteiger partial charge is 0.352 e. The number of hydrogen-bond acceptors (Lipinski definition) is 5. The molecule has 0 unspecified atom stereocenters. The van der Waals surface area contributed by atoms with Crippen LogP contribution in [0.5, 0.6) is 0 Å². The van der Waals surface area contributed by atoms with E-state index in [1.54, 1.807) is 48.5 Å². The number of rotatable bonds is 6. The molecule has 7 nitrogen and oxygen atoms in total. The Kier molecular flexibility index (Phi) is 6.15. The molecule has 2 aromatic carbocycles. The van der Waals surface area contributed by atoms with E-state index in [2.05, 4.69) is 19.9 Å². The molecule has 2 N–H and O–H groups in total. The first-order chi connectivity index (χ1) is 14.5. The van der Waals surface area contributed by atoms with E-state index in [0.29, 0.717) is 29.2 Å². The SMILES string of the molecule is O=C(NCCCN1CCCCC1)c1ccc(NC2=NS(=O)(=O)c3ccccc32)cc1. The molecular formula is C22H26N4O3S. The zero-order valence-electron chi connectivity index (χ0n) is 16.8. The number of anilines is 1. The average molecular weight is 427 g/mol. The van der Waals surface area contributed by atoms with Crippen LogP contribution in [0.2, 0.25) is 0 Å². The highest BCUT2D eigenvalue weighted by Gasteiger charge is 2.28. The van der Waals surface area contributed by atoms with Crippen molar-refractivity contribution in [3.8, 4) is 0 Å². The Labute approximate surface area is 177 Å². The monoisotopic (exact) mass is 426 g/mol. The number of nitrogens with zero attached hydrogens (tertiary/aromatic N) is 2. The van der Waals surface area contributed by atoms with Crippen LogP contribution in [-0.4, -0.2) is 51.2 Å². The molecule has 1 amide bonds. The van der Waals surface area contributed by atoms with Crippen LogP contribution >= 0.6 is 0 Å². The first-order valence-electron chi connectivity index (χ1n) is 10.3. The molecule has 0 atom stereocenters. The van der Waals surface area contributed by atoms with Gasteiger partial charge in [0.15, 0.2) is 5.84 Å². The summed E-state index contributed by atoms with van der Waals surface area (Å²) in [5.41, 5.74) is 1.79. The van der Waals surface area contributed by atoms with E-state index >= 15 is 0 Å². The molecule has 1 saturated heterocycles. The Morgan fingerprint density at radius 3 is 2.50 bits per heavy atom. The summed E-state index contributed by atoms with van der Waals surface area (Å²) in [7, 11) is -3.66. The Morgan fingerprint density at radius 2 is 1.73 bits per heavy atom. The van der Waals surface area contributed by atoms with Crippen molar-refractivity contribution >= 4 is 27.5 Å². The number of hydrogen-bond donors (Lipinski definition) is 2. The molecule has 2 aromatic rings. The Balaban J connectivity index is 1.30. The van der Waals surface area contributed by atoms with Gasteiger partial charge in [0.25, 0.3) is 15.9 Å². The molecule has 158 valence electrons. The number of benzene rings is 2. The lowest BCUT2D eigenvalue weighted by Crippen LogP contribution is -2.33. The molecule has 0 aromatic heterocycles. The number of fused-ring (bicyclic) bond motifs is 1. The Bertz CT molecular complexity index is 1040. The number of piperidine rings is 1. The van der Waals surface area contributed by atoms with Crippen molar-refractivity contribution in [3.05, 3.63) is 59.7 Å². The average Bonchev–Trinajstić information content (AvgIpc) is 3.02. The third-order valence-electron chi connectivity index (χ3n) is 5.43. The van der Waals surface area contributed by atoms with E-state index in [-0.39, 0.29) is 10.8 Å². The summed E-state index contributed by atoms with van der Waals surface area (Å²) in [4.78, 5) is 15.0. The molecule has 2 heterocycles. The molecule has 2 aliphatic heterocycles. The second-order valence-electron chi connectivity index (χ2n) is 7.63. The lowest BCUT2D eigenvalue weighted by atomic mass is 10.1. The molecule has 4 rings (SSSR count). The smallest absolute Gasteiger partial charge is 0.285 e. The second-order valence-corrected chi connectivity index (χ2v) is 9.20. The third kappa shape index (κ3) is 4.71. The lowest BCUT2D eigenvalue weighted by Gasteiger charge is -2.26. The summed E-state index contributed by atoms with van der Waals surface area (Å²) in [6.07, 6.45) is 4.82. The molecule has 2 aliphatic rings. The van der Waals surface area contributed by atoms with Gasteiger partial charge in [0.1, 0.15) is 4.90 Å². The van der Waals surface area contributed by atoms with Gasteiger partial charge in [-0.1, -0.05) is 18.6 Å². The quantitative estimate of drug-likeness (QED) is 0.693. The van der Waals surface area contributed by atoms with Gasteiger partial charge >= 0.3 is 0 Å². The van der Waals surface area contributed by atoms with Crippen LogP contribution < -0.4 is 10.6 Å². The highest BCUT2D eigenvalue weighted by atomic mass is 32.2. The predicted molar refractivity (Wildman–Crippen MR) is 117 cm³/mol. The zero-order valence-corrected chi connectivity index (χ0v) is 17.6. The summed E-state index contributed by atoms with van der Waals surface area (Å²) in [5.74, 6) is 0.187. The van der Waals surface area contributed by atoms with E-state index in [1.165, 1.54) is 32.4 Å². The maximum absolute atomic E-state index is 12.4. The molecule has 8 heteroatoms. The van der Waals surface area contributed by atoms with Crippen LogP contribution in [0.3, 0.4) is 0 Å². The summed E-state index contributed by atoms with van der Waals surface area (Å²) in [6.45, 7) is 4.01. The maximum atomic E-state index is 12.4. The number of amides is 1. The van der Waals surface area contributed by atoms with Crippen LogP contribution in [0.25, 0.3) is 0 Å². The molecule has 0 saturated carbocycles.